The molecular formula is C21H22FN3OS2. The van der Waals surface area contributed by atoms with Crippen LogP contribution in [0.15, 0.2) is 41.3 Å². The monoisotopic (exact) mass is 415 g/mol. The molecule has 2 aromatic carbocycles. The molecule has 0 radical (unpaired) electrons. The molecule has 1 saturated heterocycles. The van der Waals surface area contributed by atoms with E-state index in [4.69, 9.17) is 4.98 Å². The Morgan fingerprint density at radius 1 is 1.14 bits per heavy atom. The smallest absolute Gasteiger partial charge is 0.233 e. The highest BCUT2D eigenvalue weighted by Crippen LogP contribution is 2.32. The first-order valence-corrected chi connectivity index (χ1v) is 11.1. The van der Waals surface area contributed by atoms with Crippen LogP contribution in [0.4, 0.5) is 9.52 Å². The summed E-state index contributed by atoms with van der Waals surface area (Å²) in [6, 6.07) is 10.6. The van der Waals surface area contributed by atoms with E-state index in [2.05, 4.69) is 30.9 Å². The number of rotatable bonds is 4. The average molecular weight is 416 g/mol. The van der Waals surface area contributed by atoms with Crippen molar-refractivity contribution in [3.63, 3.8) is 0 Å². The van der Waals surface area contributed by atoms with Crippen LogP contribution < -0.4 is 4.90 Å². The van der Waals surface area contributed by atoms with Gasteiger partial charge in [0.1, 0.15) is 5.82 Å². The van der Waals surface area contributed by atoms with Gasteiger partial charge in [-0.1, -0.05) is 17.4 Å². The third-order valence-electron chi connectivity index (χ3n) is 4.89. The zero-order chi connectivity index (χ0) is 19.7. The molecule has 1 amide bonds. The van der Waals surface area contributed by atoms with E-state index in [1.807, 2.05) is 4.90 Å². The molecule has 28 heavy (non-hydrogen) atoms. The normalized spacial score (nSPS) is 14.7. The number of hydrogen-bond acceptors (Lipinski definition) is 5. The van der Waals surface area contributed by atoms with E-state index in [1.165, 1.54) is 39.7 Å². The Hall–Kier alpha value is -2.12. The number of anilines is 1. The van der Waals surface area contributed by atoms with Gasteiger partial charge in [0.2, 0.25) is 5.91 Å². The fraction of sp³-hybridized carbons (Fsp3) is 0.333. The van der Waals surface area contributed by atoms with Gasteiger partial charge in [-0.25, -0.2) is 9.37 Å². The van der Waals surface area contributed by atoms with Gasteiger partial charge in [-0.15, -0.1) is 11.8 Å². The minimum Gasteiger partial charge on any atom is -0.345 e. The molecule has 0 unspecified atom stereocenters. The van der Waals surface area contributed by atoms with Crippen molar-refractivity contribution in [2.45, 2.75) is 18.7 Å². The first kappa shape index (κ1) is 19.2. The van der Waals surface area contributed by atoms with Crippen LogP contribution in [0, 0.1) is 19.7 Å². The lowest BCUT2D eigenvalue weighted by molar-refractivity contribution is -0.128. The summed E-state index contributed by atoms with van der Waals surface area (Å²) in [5, 5.41) is 1.04. The topological polar surface area (TPSA) is 36.4 Å². The fourth-order valence-electron chi connectivity index (χ4n) is 3.41. The number of aryl methyl sites for hydroxylation is 2. The zero-order valence-corrected chi connectivity index (χ0v) is 17.6. The maximum absolute atomic E-state index is 13.0. The van der Waals surface area contributed by atoms with Crippen molar-refractivity contribution in [1.82, 2.24) is 9.88 Å². The van der Waals surface area contributed by atoms with E-state index in [9.17, 15) is 9.18 Å². The number of aromatic nitrogens is 1. The number of amides is 1. The van der Waals surface area contributed by atoms with Crippen LogP contribution in [0.3, 0.4) is 0 Å². The lowest BCUT2D eigenvalue weighted by Crippen LogP contribution is -2.49. The number of hydrogen-bond donors (Lipinski definition) is 0. The molecule has 146 valence electrons. The summed E-state index contributed by atoms with van der Waals surface area (Å²) in [6.07, 6.45) is 0. The average Bonchev–Trinajstić information content (AvgIpc) is 3.12. The van der Waals surface area contributed by atoms with Gasteiger partial charge in [0.05, 0.1) is 16.0 Å². The van der Waals surface area contributed by atoms with E-state index in [1.54, 1.807) is 23.5 Å². The van der Waals surface area contributed by atoms with E-state index < -0.39 is 0 Å². The Balaban J connectivity index is 1.34. The van der Waals surface area contributed by atoms with Crippen LogP contribution in [-0.2, 0) is 4.79 Å². The Morgan fingerprint density at radius 3 is 2.57 bits per heavy atom. The third-order valence-corrected chi connectivity index (χ3v) is 7.15. The number of halogens is 1. The molecule has 0 saturated carbocycles. The number of nitrogens with zero attached hydrogens (tertiary/aromatic N) is 3. The second kappa shape index (κ2) is 8.09. The molecular weight excluding hydrogens is 393 g/mol. The largest absolute Gasteiger partial charge is 0.345 e. The quantitative estimate of drug-likeness (QED) is 0.588. The van der Waals surface area contributed by atoms with Crippen molar-refractivity contribution < 1.29 is 9.18 Å². The number of thioether (sulfide) groups is 1. The van der Waals surface area contributed by atoms with Gasteiger partial charge in [0.25, 0.3) is 0 Å². The maximum atomic E-state index is 13.0. The molecule has 1 aliphatic rings. The minimum atomic E-state index is -0.257. The Bertz CT molecular complexity index is 995. The lowest BCUT2D eigenvalue weighted by Gasteiger charge is -2.34. The van der Waals surface area contributed by atoms with Crippen molar-refractivity contribution >= 4 is 44.4 Å². The van der Waals surface area contributed by atoms with Gasteiger partial charge in [0, 0.05) is 31.1 Å². The van der Waals surface area contributed by atoms with Crippen LogP contribution in [-0.4, -0.2) is 47.7 Å². The van der Waals surface area contributed by atoms with E-state index >= 15 is 0 Å². The van der Waals surface area contributed by atoms with Crippen molar-refractivity contribution in [2.24, 2.45) is 0 Å². The number of benzene rings is 2. The van der Waals surface area contributed by atoms with Crippen molar-refractivity contribution in [3.8, 4) is 0 Å². The van der Waals surface area contributed by atoms with Gasteiger partial charge < -0.3 is 9.80 Å². The predicted octanol–water partition coefficient (Wildman–Crippen LogP) is 4.49. The van der Waals surface area contributed by atoms with Gasteiger partial charge in [-0.2, -0.15) is 0 Å². The SMILES string of the molecule is Cc1cc(C)c2sc(N3CCN(C(=O)CSc4ccc(F)cc4)CC3)nc2c1. The molecule has 1 aliphatic heterocycles. The first-order valence-electron chi connectivity index (χ1n) is 9.28. The first-order chi connectivity index (χ1) is 13.5. The number of carbonyl (C=O) groups is 1. The van der Waals surface area contributed by atoms with Crippen LogP contribution in [0.2, 0.25) is 0 Å². The van der Waals surface area contributed by atoms with Gasteiger partial charge in [-0.3, -0.25) is 4.79 Å². The predicted molar refractivity (Wildman–Crippen MR) is 115 cm³/mol. The van der Waals surface area contributed by atoms with Crippen molar-refractivity contribution in [1.29, 1.82) is 0 Å². The molecule has 1 aromatic heterocycles. The second-order valence-electron chi connectivity index (χ2n) is 7.04. The molecule has 0 bridgehead atoms. The molecule has 2 heterocycles. The van der Waals surface area contributed by atoms with Crippen molar-refractivity contribution in [3.05, 3.63) is 53.3 Å². The Labute approximate surface area is 172 Å². The highest BCUT2D eigenvalue weighted by Gasteiger charge is 2.23. The molecule has 7 heteroatoms. The summed E-state index contributed by atoms with van der Waals surface area (Å²) in [5.74, 6) is 0.252. The number of carbonyl (C=O) groups excluding carboxylic acids is 1. The zero-order valence-electron chi connectivity index (χ0n) is 15.9. The van der Waals surface area contributed by atoms with Crippen LogP contribution in [0.25, 0.3) is 10.2 Å². The summed E-state index contributed by atoms with van der Waals surface area (Å²) in [5.41, 5.74) is 3.56. The van der Waals surface area contributed by atoms with Gasteiger partial charge >= 0.3 is 0 Å². The number of piperazine rings is 1. The van der Waals surface area contributed by atoms with Gasteiger partial charge in [0.15, 0.2) is 5.13 Å². The maximum Gasteiger partial charge on any atom is 0.233 e. The summed E-state index contributed by atoms with van der Waals surface area (Å²) in [6.45, 7) is 7.23. The molecule has 0 aliphatic carbocycles. The van der Waals surface area contributed by atoms with E-state index in [0.717, 1.165) is 28.6 Å². The molecule has 1 fully saturated rings. The molecule has 4 rings (SSSR count). The number of fused-ring (bicyclic) bond motifs is 1. The standard InChI is InChI=1S/C21H22FN3OS2/c1-14-11-15(2)20-18(12-14)23-21(28-20)25-9-7-24(8-10-25)19(26)13-27-17-5-3-16(22)4-6-17/h3-6,11-12H,7-10,13H2,1-2H3. The third kappa shape index (κ3) is 4.15. The molecule has 0 N–H and O–H groups in total. The molecule has 0 spiro atoms. The summed E-state index contributed by atoms with van der Waals surface area (Å²) in [7, 11) is 0. The highest BCUT2D eigenvalue weighted by atomic mass is 32.2. The highest BCUT2D eigenvalue weighted by molar-refractivity contribution is 8.00. The number of thiazole rings is 1. The molecule has 0 atom stereocenters. The molecule has 4 nitrogen and oxygen atoms in total. The minimum absolute atomic E-state index is 0.129. The molecule has 3 aromatic rings. The second-order valence-corrected chi connectivity index (χ2v) is 9.06. The van der Waals surface area contributed by atoms with E-state index in [-0.39, 0.29) is 11.7 Å². The lowest BCUT2D eigenvalue weighted by atomic mass is 10.1. The fourth-order valence-corrected chi connectivity index (χ4v) is 5.28. The van der Waals surface area contributed by atoms with Crippen LogP contribution in [0.5, 0.6) is 0 Å². The Morgan fingerprint density at radius 2 is 1.86 bits per heavy atom. The van der Waals surface area contributed by atoms with Gasteiger partial charge in [-0.05, 0) is 55.3 Å². The van der Waals surface area contributed by atoms with Crippen molar-refractivity contribution in [2.75, 3.05) is 36.8 Å². The Kier molecular flexibility index (Phi) is 5.55. The van der Waals surface area contributed by atoms with Crippen LogP contribution in [0.1, 0.15) is 11.1 Å². The summed E-state index contributed by atoms with van der Waals surface area (Å²) >= 11 is 3.19. The van der Waals surface area contributed by atoms with Crippen LogP contribution >= 0.6 is 23.1 Å². The van der Waals surface area contributed by atoms with E-state index in [0.29, 0.717) is 18.8 Å². The summed E-state index contributed by atoms with van der Waals surface area (Å²) < 4.78 is 14.2. The summed E-state index contributed by atoms with van der Waals surface area (Å²) in [4.78, 5) is 22.4.